The van der Waals surface area contributed by atoms with Crippen molar-refractivity contribution in [2.45, 2.75) is 6.18 Å². The molecule has 0 fully saturated rings. The minimum atomic E-state index is -4.48. The molecule has 8 heteroatoms. The third-order valence-electron chi connectivity index (χ3n) is 2.32. The van der Waals surface area contributed by atoms with E-state index in [1.165, 1.54) is 18.2 Å². The fourth-order valence-corrected chi connectivity index (χ4v) is 1.57. The monoisotopic (exact) mass is 288 g/mol. The lowest BCUT2D eigenvalue weighted by Crippen LogP contribution is -2.10. The number of aromatic nitrogens is 2. The van der Waals surface area contributed by atoms with Gasteiger partial charge in [0.15, 0.2) is 11.0 Å². The minimum Gasteiger partial charge on any atom is -0.393 e. The smallest absolute Gasteiger partial charge is 0.393 e. The molecule has 0 saturated carbocycles. The van der Waals surface area contributed by atoms with Gasteiger partial charge in [0.1, 0.15) is 12.0 Å². The lowest BCUT2D eigenvalue weighted by Gasteiger charge is -2.14. The molecule has 1 heterocycles. The molecule has 0 spiro atoms. The molecule has 4 nitrogen and oxygen atoms in total. The summed E-state index contributed by atoms with van der Waals surface area (Å²) in [6, 6.07) is 5.00. The number of nitrogens with zero attached hydrogens (tertiary/aromatic N) is 2. The number of hydrogen-bond acceptors (Lipinski definition) is 4. The molecule has 0 bridgehead atoms. The van der Waals surface area contributed by atoms with Crippen molar-refractivity contribution >= 4 is 28.8 Å². The first-order chi connectivity index (χ1) is 8.89. The van der Waals surface area contributed by atoms with E-state index < -0.39 is 11.7 Å². The van der Waals surface area contributed by atoms with Gasteiger partial charge in [0, 0.05) is 0 Å². The van der Waals surface area contributed by atoms with E-state index in [0.717, 1.165) is 12.4 Å². The van der Waals surface area contributed by atoms with Crippen LogP contribution >= 0.6 is 11.6 Å². The molecule has 1 aromatic heterocycles. The van der Waals surface area contributed by atoms with Crippen molar-refractivity contribution in [2.75, 3.05) is 11.1 Å². The van der Waals surface area contributed by atoms with Crippen LogP contribution in [-0.4, -0.2) is 9.97 Å². The number of hydrogen-bond donors (Lipinski definition) is 2. The fraction of sp³-hybridized carbons (Fsp3) is 0.0909. The molecule has 2 aromatic rings. The largest absolute Gasteiger partial charge is 0.418 e. The van der Waals surface area contributed by atoms with Gasteiger partial charge in [0.05, 0.1) is 11.3 Å². The van der Waals surface area contributed by atoms with Gasteiger partial charge in [-0.25, -0.2) is 9.97 Å². The van der Waals surface area contributed by atoms with Crippen molar-refractivity contribution in [1.82, 2.24) is 9.97 Å². The number of alkyl halides is 3. The highest BCUT2D eigenvalue weighted by Crippen LogP contribution is 2.36. The van der Waals surface area contributed by atoms with Crippen LogP contribution in [0.15, 0.2) is 30.6 Å². The highest BCUT2D eigenvalue weighted by Gasteiger charge is 2.33. The molecule has 100 valence electrons. The molecular formula is C11H8ClF3N4. The standard InChI is InChI=1S/C11H8ClF3N4/c12-9-8(16)10(18-5-17-9)19-7-4-2-1-3-6(7)11(13,14)15/h1-5H,16H2,(H,17,18,19). The summed E-state index contributed by atoms with van der Waals surface area (Å²) in [6.45, 7) is 0. The topological polar surface area (TPSA) is 63.8 Å². The quantitative estimate of drug-likeness (QED) is 0.831. The number of nitrogens with two attached hydrogens (primary N) is 1. The van der Waals surface area contributed by atoms with Gasteiger partial charge in [-0.05, 0) is 12.1 Å². The fourth-order valence-electron chi connectivity index (χ4n) is 1.44. The second kappa shape index (κ2) is 4.93. The summed E-state index contributed by atoms with van der Waals surface area (Å²) >= 11 is 5.67. The Hall–Kier alpha value is -2.02. The second-order valence-corrected chi connectivity index (χ2v) is 3.95. The van der Waals surface area contributed by atoms with Crippen molar-refractivity contribution in [3.8, 4) is 0 Å². The van der Waals surface area contributed by atoms with E-state index in [1.54, 1.807) is 0 Å². The Kier molecular flexibility index (Phi) is 3.48. The molecule has 0 aliphatic carbocycles. The van der Waals surface area contributed by atoms with Gasteiger partial charge in [0.2, 0.25) is 0 Å². The molecule has 3 N–H and O–H groups in total. The van der Waals surface area contributed by atoms with Crippen LogP contribution in [0.2, 0.25) is 5.15 Å². The maximum atomic E-state index is 12.8. The summed E-state index contributed by atoms with van der Waals surface area (Å²) in [5.74, 6) is 0.0247. The molecule has 0 radical (unpaired) electrons. The van der Waals surface area contributed by atoms with Crippen LogP contribution in [-0.2, 0) is 6.18 Å². The summed E-state index contributed by atoms with van der Waals surface area (Å²) in [4.78, 5) is 7.38. The zero-order valence-corrected chi connectivity index (χ0v) is 10.1. The molecule has 0 saturated heterocycles. The maximum Gasteiger partial charge on any atom is 0.418 e. The van der Waals surface area contributed by atoms with Crippen LogP contribution in [0.4, 0.5) is 30.4 Å². The summed E-state index contributed by atoms with van der Waals surface area (Å²) in [7, 11) is 0. The molecule has 1 aromatic carbocycles. The van der Waals surface area contributed by atoms with E-state index >= 15 is 0 Å². The summed E-state index contributed by atoms with van der Waals surface area (Å²) < 4.78 is 38.4. The number of anilines is 3. The Morgan fingerprint density at radius 2 is 1.84 bits per heavy atom. The van der Waals surface area contributed by atoms with Crippen molar-refractivity contribution in [1.29, 1.82) is 0 Å². The van der Waals surface area contributed by atoms with Crippen LogP contribution in [0, 0.1) is 0 Å². The van der Waals surface area contributed by atoms with Gasteiger partial charge < -0.3 is 11.1 Å². The lowest BCUT2D eigenvalue weighted by molar-refractivity contribution is -0.136. The first kappa shape index (κ1) is 13.4. The predicted octanol–water partition coefficient (Wildman–Crippen LogP) is 3.47. The highest BCUT2D eigenvalue weighted by atomic mass is 35.5. The summed E-state index contributed by atoms with van der Waals surface area (Å²) in [5, 5.41) is 2.48. The summed E-state index contributed by atoms with van der Waals surface area (Å²) in [5.41, 5.74) is 4.60. The Balaban J connectivity index is 2.42. The Bertz CT molecular complexity index is 601. The van der Waals surface area contributed by atoms with Gasteiger partial charge in [0.25, 0.3) is 0 Å². The molecule has 19 heavy (non-hydrogen) atoms. The molecule has 0 atom stereocenters. The number of rotatable bonds is 2. The van der Waals surface area contributed by atoms with Crippen LogP contribution in [0.1, 0.15) is 5.56 Å². The minimum absolute atomic E-state index is 0.0128. The van der Waals surface area contributed by atoms with Crippen molar-refractivity contribution in [2.24, 2.45) is 0 Å². The molecule has 0 unspecified atom stereocenters. The van der Waals surface area contributed by atoms with Gasteiger partial charge in [-0.2, -0.15) is 13.2 Å². The third kappa shape index (κ3) is 2.87. The normalized spacial score (nSPS) is 11.4. The number of nitrogens with one attached hydrogen (secondary N) is 1. The predicted molar refractivity (Wildman–Crippen MR) is 66.2 cm³/mol. The average Bonchev–Trinajstić information content (AvgIpc) is 2.34. The lowest BCUT2D eigenvalue weighted by atomic mass is 10.1. The van der Waals surface area contributed by atoms with E-state index in [-0.39, 0.29) is 22.3 Å². The van der Waals surface area contributed by atoms with Crippen LogP contribution < -0.4 is 11.1 Å². The summed E-state index contributed by atoms with van der Waals surface area (Å²) in [6.07, 6.45) is -3.37. The second-order valence-electron chi connectivity index (χ2n) is 3.60. The van der Waals surface area contributed by atoms with Gasteiger partial charge >= 0.3 is 6.18 Å². The number of nitrogen functional groups attached to an aromatic ring is 1. The van der Waals surface area contributed by atoms with Crippen LogP contribution in [0.3, 0.4) is 0 Å². The maximum absolute atomic E-state index is 12.8. The van der Waals surface area contributed by atoms with Gasteiger partial charge in [-0.15, -0.1) is 0 Å². The van der Waals surface area contributed by atoms with Crippen LogP contribution in [0.5, 0.6) is 0 Å². The van der Waals surface area contributed by atoms with Gasteiger partial charge in [-0.1, -0.05) is 23.7 Å². The first-order valence-corrected chi connectivity index (χ1v) is 5.46. The van der Waals surface area contributed by atoms with Crippen molar-refractivity contribution in [3.05, 3.63) is 41.3 Å². The number of benzene rings is 1. The van der Waals surface area contributed by atoms with Crippen LogP contribution in [0.25, 0.3) is 0 Å². The molecule has 2 rings (SSSR count). The van der Waals surface area contributed by atoms with E-state index in [2.05, 4.69) is 15.3 Å². The number of halogens is 4. The highest BCUT2D eigenvalue weighted by molar-refractivity contribution is 6.32. The zero-order valence-electron chi connectivity index (χ0n) is 9.37. The van der Waals surface area contributed by atoms with E-state index in [0.29, 0.717) is 0 Å². The molecule has 0 aliphatic rings. The van der Waals surface area contributed by atoms with Gasteiger partial charge in [-0.3, -0.25) is 0 Å². The Morgan fingerprint density at radius 1 is 1.16 bits per heavy atom. The Morgan fingerprint density at radius 3 is 2.53 bits per heavy atom. The molecular weight excluding hydrogens is 281 g/mol. The zero-order chi connectivity index (χ0) is 14.0. The van der Waals surface area contributed by atoms with E-state index in [9.17, 15) is 13.2 Å². The van der Waals surface area contributed by atoms with E-state index in [4.69, 9.17) is 17.3 Å². The van der Waals surface area contributed by atoms with Crippen molar-refractivity contribution in [3.63, 3.8) is 0 Å². The first-order valence-electron chi connectivity index (χ1n) is 5.09. The molecule has 0 amide bonds. The average molecular weight is 289 g/mol. The SMILES string of the molecule is Nc1c(Cl)ncnc1Nc1ccccc1C(F)(F)F. The third-order valence-corrected chi connectivity index (χ3v) is 2.62. The molecule has 0 aliphatic heterocycles. The number of para-hydroxylation sites is 1. The van der Waals surface area contributed by atoms with E-state index in [1.807, 2.05) is 0 Å². The van der Waals surface area contributed by atoms with Crippen molar-refractivity contribution < 1.29 is 13.2 Å². The Labute approximate surface area is 111 Å².